The first-order valence-corrected chi connectivity index (χ1v) is 13.5. The molecule has 0 saturated heterocycles. The van der Waals surface area contributed by atoms with Gasteiger partial charge >= 0.3 is 0 Å². The Morgan fingerprint density at radius 2 is 1.50 bits per heavy atom. The topological polar surface area (TPSA) is 66.5 Å². The molecule has 4 aromatic carbocycles. The number of hydrogen-bond acceptors (Lipinski definition) is 4. The number of anilines is 1. The number of rotatable bonds is 9. The van der Waals surface area contributed by atoms with E-state index >= 15 is 0 Å². The number of carbonyl (C=O) groups is 1. The monoisotopic (exact) mass is 520 g/mol. The van der Waals surface area contributed by atoms with E-state index in [1.54, 1.807) is 30.3 Å². The first kappa shape index (κ1) is 25.6. The normalized spacial score (nSPS) is 11.4. The summed E-state index contributed by atoms with van der Waals surface area (Å²) >= 11 is 1.49. The summed E-state index contributed by atoms with van der Waals surface area (Å²) < 4.78 is 42.4. The van der Waals surface area contributed by atoms with Crippen molar-refractivity contribution in [2.75, 3.05) is 11.9 Å². The van der Waals surface area contributed by atoms with Gasteiger partial charge in [-0.2, -0.15) is 4.31 Å². The number of halogens is 1. The lowest BCUT2D eigenvalue weighted by atomic mass is 10.2. The Labute approximate surface area is 215 Å². The predicted octanol–water partition coefficient (Wildman–Crippen LogP) is 6.11. The lowest BCUT2D eigenvalue weighted by Crippen LogP contribution is -2.37. The molecule has 184 valence electrons. The first-order valence-electron chi connectivity index (χ1n) is 11.2. The standard InChI is InChI=1S/C28H25FN2O3S2/c1-21-15-17-24(18-16-21)36(33,34)31(19-22-9-5-6-12-25(22)29)20-28(32)30-26-13-7-8-14-27(26)35-23-10-3-2-4-11-23/h2-18H,19-20H2,1H3,(H,30,32). The van der Waals surface area contributed by atoms with Crippen molar-refractivity contribution in [2.24, 2.45) is 0 Å². The summed E-state index contributed by atoms with van der Waals surface area (Å²) in [5.41, 5.74) is 1.65. The Kier molecular flexibility index (Phi) is 8.20. The molecule has 8 heteroatoms. The second-order valence-corrected chi connectivity index (χ2v) is 11.2. The second-order valence-electron chi connectivity index (χ2n) is 8.14. The minimum atomic E-state index is -4.08. The number of aryl methyl sites for hydroxylation is 1. The zero-order valence-corrected chi connectivity index (χ0v) is 21.2. The molecule has 0 unspecified atom stereocenters. The van der Waals surface area contributed by atoms with Gasteiger partial charge in [0.2, 0.25) is 15.9 Å². The van der Waals surface area contributed by atoms with Crippen molar-refractivity contribution in [3.8, 4) is 0 Å². The summed E-state index contributed by atoms with van der Waals surface area (Å²) in [6.45, 7) is 1.09. The van der Waals surface area contributed by atoms with Gasteiger partial charge in [0.05, 0.1) is 17.1 Å². The van der Waals surface area contributed by atoms with Gasteiger partial charge in [0.25, 0.3) is 0 Å². The van der Waals surface area contributed by atoms with E-state index in [0.717, 1.165) is 19.7 Å². The molecule has 5 nitrogen and oxygen atoms in total. The van der Waals surface area contributed by atoms with Crippen LogP contribution in [0.4, 0.5) is 10.1 Å². The van der Waals surface area contributed by atoms with E-state index < -0.39 is 28.3 Å². The van der Waals surface area contributed by atoms with Crippen molar-refractivity contribution in [1.29, 1.82) is 0 Å². The molecule has 0 aromatic heterocycles. The van der Waals surface area contributed by atoms with Crippen LogP contribution in [0.3, 0.4) is 0 Å². The van der Waals surface area contributed by atoms with Crippen molar-refractivity contribution in [3.05, 3.63) is 120 Å². The van der Waals surface area contributed by atoms with Crippen LogP contribution >= 0.6 is 11.8 Å². The highest BCUT2D eigenvalue weighted by molar-refractivity contribution is 7.99. The molecule has 0 saturated carbocycles. The van der Waals surface area contributed by atoms with Crippen molar-refractivity contribution in [1.82, 2.24) is 4.31 Å². The number of sulfonamides is 1. The van der Waals surface area contributed by atoms with Gasteiger partial charge in [-0.1, -0.05) is 78.0 Å². The molecular formula is C28H25FN2O3S2. The molecule has 0 bridgehead atoms. The van der Waals surface area contributed by atoms with Crippen molar-refractivity contribution >= 4 is 33.4 Å². The highest BCUT2D eigenvalue weighted by Gasteiger charge is 2.28. The summed E-state index contributed by atoms with van der Waals surface area (Å²) in [5, 5.41) is 2.83. The molecule has 0 fully saturated rings. The van der Waals surface area contributed by atoms with Crippen molar-refractivity contribution in [2.45, 2.75) is 28.2 Å². The highest BCUT2D eigenvalue weighted by Crippen LogP contribution is 2.33. The minimum absolute atomic E-state index is 0.0391. The Bertz CT molecular complexity index is 1440. The van der Waals surface area contributed by atoms with E-state index in [1.807, 2.05) is 49.4 Å². The molecule has 1 amide bonds. The Balaban J connectivity index is 1.59. The maximum Gasteiger partial charge on any atom is 0.243 e. The van der Waals surface area contributed by atoms with Crippen LogP contribution in [0.15, 0.2) is 118 Å². The smallest absolute Gasteiger partial charge is 0.243 e. The van der Waals surface area contributed by atoms with Crippen molar-refractivity contribution < 1.29 is 17.6 Å². The molecule has 4 aromatic rings. The summed E-state index contributed by atoms with van der Waals surface area (Å²) in [5.74, 6) is -1.06. The summed E-state index contributed by atoms with van der Waals surface area (Å²) in [4.78, 5) is 15.0. The zero-order valence-electron chi connectivity index (χ0n) is 19.6. The van der Waals surface area contributed by atoms with Gasteiger partial charge in [-0.05, 0) is 49.4 Å². The third-order valence-electron chi connectivity index (χ3n) is 5.42. The fraction of sp³-hybridized carbons (Fsp3) is 0.107. The van der Waals surface area contributed by atoms with E-state index in [4.69, 9.17) is 0 Å². The van der Waals surface area contributed by atoms with E-state index in [2.05, 4.69) is 5.32 Å². The summed E-state index contributed by atoms with van der Waals surface area (Å²) in [7, 11) is -4.08. The first-order chi connectivity index (χ1) is 17.3. The van der Waals surface area contributed by atoms with E-state index in [9.17, 15) is 17.6 Å². The van der Waals surface area contributed by atoms with Gasteiger partial charge in [0, 0.05) is 21.9 Å². The number of nitrogens with zero attached hydrogens (tertiary/aromatic N) is 1. The molecule has 36 heavy (non-hydrogen) atoms. The lowest BCUT2D eigenvalue weighted by Gasteiger charge is -2.22. The fourth-order valence-electron chi connectivity index (χ4n) is 3.53. The fourth-order valence-corrected chi connectivity index (χ4v) is 5.82. The van der Waals surface area contributed by atoms with Crippen LogP contribution in [0.5, 0.6) is 0 Å². The van der Waals surface area contributed by atoms with Gasteiger partial charge in [-0.25, -0.2) is 12.8 Å². The van der Waals surface area contributed by atoms with Crippen LogP contribution in [-0.2, 0) is 21.4 Å². The lowest BCUT2D eigenvalue weighted by molar-refractivity contribution is -0.116. The average molecular weight is 521 g/mol. The molecule has 0 aliphatic rings. The molecule has 4 rings (SSSR count). The van der Waals surface area contributed by atoms with Crippen LogP contribution < -0.4 is 5.32 Å². The van der Waals surface area contributed by atoms with Gasteiger partial charge in [-0.15, -0.1) is 0 Å². The zero-order chi connectivity index (χ0) is 25.5. The van der Waals surface area contributed by atoms with Crippen LogP contribution in [0.1, 0.15) is 11.1 Å². The number of carbonyl (C=O) groups excluding carboxylic acids is 1. The maximum atomic E-state index is 14.4. The molecular weight excluding hydrogens is 495 g/mol. The largest absolute Gasteiger partial charge is 0.324 e. The van der Waals surface area contributed by atoms with Gasteiger partial charge in [0.1, 0.15) is 5.82 Å². The average Bonchev–Trinajstić information content (AvgIpc) is 2.87. The molecule has 1 N–H and O–H groups in total. The van der Waals surface area contributed by atoms with Gasteiger partial charge < -0.3 is 5.32 Å². The molecule has 0 heterocycles. The predicted molar refractivity (Wildman–Crippen MR) is 141 cm³/mol. The SMILES string of the molecule is Cc1ccc(S(=O)(=O)N(CC(=O)Nc2ccccc2Sc2ccccc2)Cc2ccccc2F)cc1. The van der Waals surface area contributed by atoms with Gasteiger partial charge in [-0.3, -0.25) is 4.79 Å². The van der Waals surface area contributed by atoms with Crippen LogP contribution in [0.2, 0.25) is 0 Å². The van der Waals surface area contributed by atoms with Crippen LogP contribution in [-0.4, -0.2) is 25.2 Å². The third kappa shape index (κ3) is 6.40. The Morgan fingerprint density at radius 3 is 2.22 bits per heavy atom. The highest BCUT2D eigenvalue weighted by atomic mass is 32.2. The number of hydrogen-bond donors (Lipinski definition) is 1. The van der Waals surface area contributed by atoms with Crippen LogP contribution in [0.25, 0.3) is 0 Å². The molecule has 0 aliphatic carbocycles. The van der Waals surface area contributed by atoms with E-state index in [0.29, 0.717) is 5.69 Å². The van der Waals surface area contributed by atoms with E-state index in [1.165, 1.54) is 42.1 Å². The maximum absolute atomic E-state index is 14.4. The number of benzene rings is 4. The van der Waals surface area contributed by atoms with E-state index in [-0.39, 0.29) is 17.0 Å². The molecule has 0 aliphatic heterocycles. The molecule has 0 radical (unpaired) electrons. The number of amides is 1. The van der Waals surface area contributed by atoms with Crippen molar-refractivity contribution in [3.63, 3.8) is 0 Å². The number of nitrogens with one attached hydrogen (secondary N) is 1. The molecule has 0 atom stereocenters. The second kappa shape index (κ2) is 11.5. The summed E-state index contributed by atoms with van der Waals surface area (Å²) in [6, 6.07) is 29.3. The third-order valence-corrected chi connectivity index (χ3v) is 8.31. The Morgan fingerprint density at radius 1 is 0.861 bits per heavy atom. The minimum Gasteiger partial charge on any atom is -0.324 e. The quantitative estimate of drug-likeness (QED) is 0.289. The van der Waals surface area contributed by atoms with Gasteiger partial charge in [0.15, 0.2) is 0 Å². The summed E-state index contributed by atoms with van der Waals surface area (Å²) in [6.07, 6.45) is 0. The Hall–Kier alpha value is -3.46. The molecule has 0 spiro atoms. The number of para-hydroxylation sites is 1. The van der Waals surface area contributed by atoms with Crippen LogP contribution in [0, 0.1) is 12.7 Å².